The molecule has 2 atom stereocenters. The number of carbonyl (C=O) groups excluding carboxylic acids is 1. The summed E-state index contributed by atoms with van der Waals surface area (Å²) in [6.07, 6.45) is 6.73. The Balaban J connectivity index is 1.56. The predicted molar refractivity (Wildman–Crippen MR) is 86.3 cm³/mol. The maximum atomic E-state index is 12.5. The third-order valence-electron chi connectivity index (χ3n) is 5.06. The van der Waals surface area contributed by atoms with Crippen molar-refractivity contribution in [2.24, 2.45) is 5.41 Å². The maximum Gasteiger partial charge on any atom is 0.238 e. The first-order valence-electron chi connectivity index (χ1n) is 7.97. The highest BCUT2D eigenvalue weighted by molar-refractivity contribution is 5.87. The molecule has 2 aliphatic rings. The van der Waals surface area contributed by atoms with Crippen LogP contribution in [-0.4, -0.2) is 23.5 Å². The monoisotopic (exact) mass is 306 g/mol. The highest BCUT2D eigenvalue weighted by Gasteiger charge is 2.50. The smallest absolute Gasteiger partial charge is 0.238 e. The van der Waals surface area contributed by atoms with Crippen LogP contribution in [-0.2, 0) is 4.79 Å². The Hall–Kier alpha value is -2.45. The van der Waals surface area contributed by atoms with Crippen LogP contribution in [0.15, 0.2) is 36.7 Å². The third-order valence-corrected chi connectivity index (χ3v) is 5.06. The summed E-state index contributed by atoms with van der Waals surface area (Å²) in [6.45, 7) is 0.915. The van der Waals surface area contributed by atoms with Crippen LogP contribution >= 0.6 is 0 Å². The zero-order valence-electron chi connectivity index (χ0n) is 12.7. The predicted octanol–water partition coefficient (Wildman–Crippen LogP) is 2.06. The van der Waals surface area contributed by atoms with Gasteiger partial charge in [0, 0.05) is 29.9 Å². The minimum absolute atomic E-state index is 0.0896. The number of hydrogen-bond acceptors (Lipinski definition) is 4. The van der Waals surface area contributed by atoms with E-state index in [9.17, 15) is 10.1 Å². The zero-order chi connectivity index (χ0) is 15.9. The van der Waals surface area contributed by atoms with Crippen molar-refractivity contribution in [3.05, 3.63) is 42.2 Å². The molecule has 0 bridgehead atoms. The van der Waals surface area contributed by atoms with Crippen molar-refractivity contribution >= 4 is 16.7 Å². The molecule has 2 N–H and O–H groups in total. The van der Waals surface area contributed by atoms with Gasteiger partial charge in [0.15, 0.2) is 0 Å². The molecule has 0 radical (unpaired) electrons. The number of pyridine rings is 1. The van der Waals surface area contributed by atoms with Crippen LogP contribution in [0.3, 0.4) is 0 Å². The SMILES string of the molecule is N#CC(NC(=O)[C@@H]1CC2(CC2)CN1)c1cncc2ccccc12. The van der Waals surface area contributed by atoms with Gasteiger partial charge >= 0.3 is 0 Å². The molecule has 2 fully saturated rings. The Morgan fingerprint density at radius 2 is 2.22 bits per heavy atom. The van der Waals surface area contributed by atoms with Crippen molar-refractivity contribution in [1.82, 2.24) is 15.6 Å². The first-order chi connectivity index (χ1) is 11.2. The Morgan fingerprint density at radius 3 is 2.96 bits per heavy atom. The van der Waals surface area contributed by atoms with E-state index in [2.05, 4.69) is 21.7 Å². The summed E-state index contributed by atoms with van der Waals surface area (Å²) in [5.41, 5.74) is 1.10. The summed E-state index contributed by atoms with van der Waals surface area (Å²) in [5, 5.41) is 17.6. The highest BCUT2D eigenvalue weighted by atomic mass is 16.2. The Kier molecular flexibility index (Phi) is 3.28. The zero-order valence-corrected chi connectivity index (χ0v) is 12.7. The molecule has 5 heteroatoms. The Morgan fingerprint density at radius 1 is 1.39 bits per heavy atom. The van der Waals surface area contributed by atoms with E-state index in [4.69, 9.17) is 0 Å². The molecule has 5 nitrogen and oxygen atoms in total. The number of rotatable bonds is 3. The molecule has 4 rings (SSSR count). The molecule has 1 spiro atoms. The van der Waals surface area contributed by atoms with E-state index in [-0.39, 0.29) is 11.9 Å². The van der Waals surface area contributed by atoms with Crippen molar-refractivity contribution in [2.45, 2.75) is 31.3 Å². The standard InChI is InChI=1S/C18H18N4O/c19-8-16(14-10-20-9-12-3-1-2-4-13(12)14)22-17(23)15-7-18(5-6-18)11-21-15/h1-4,9-10,15-16,21H,5-7,11H2,(H,22,23)/t15-,16?/m0/s1. The van der Waals surface area contributed by atoms with Gasteiger partial charge in [-0.1, -0.05) is 24.3 Å². The van der Waals surface area contributed by atoms with Crippen molar-refractivity contribution in [3.63, 3.8) is 0 Å². The maximum absolute atomic E-state index is 12.5. The van der Waals surface area contributed by atoms with Crippen molar-refractivity contribution < 1.29 is 4.79 Å². The van der Waals surface area contributed by atoms with Gasteiger partial charge in [-0.3, -0.25) is 9.78 Å². The number of amides is 1. The normalized spacial score (nSPS) is 22.7. The van der Waals surface area contributed by atoms with Gasteiger partial charge in [0.2, 0.25) is 5.91 Å². The number of nitrogens with one attached hydrogen (secondary N) is 2. The minimum atomic E-state index is -0.682. The van der Waals surface area contributed by atoms with Gasteiger partial charge in [0.1, 0.15) is 6.04 Å². The number of benzene rings is 1. The van der Waals surface area contributed by atoms with Crippen molar-refractivity contribution in [2.75, 3.05) is 6.54 Å². The molecule has 1 aliphatic carbocycles. The Bertz CT molecular complexity index is 801. The minimum Gasteiger partial charge on any atom is -0.335 e. The van der Waals surface area contributed by atoms with E-state index in [0.717, 1.165) is 29.3 Å². The van der Waals surface area contributed by atoms with E-state index in [1.807, 2.05) is 24.3 Å². The van der Waals surface area contributed by atoms with Crippen LogP contribution in [0.1, 0.15) is 30.9 Å². The average molecular weight is 306 g/mol. The second-order valence-corrected chi connectivity index (χ2v) is 6.66. The summed E-state index contributed by atoms with van der Waals surface area (Å²) in [7, 11) is 0. The molecule has 1 aliphatic heterocycles. The quantitative estimate of drug-likeness (QED) is 0.910. The number of fused-ring (bicyclic) bond motifs is 1. The largest absolute Gasteiger partial charge is 0.335 e. The van der Waals surface area contributed by atoms with Gasteiger partial charge in [0.05, 0.1) is 12.1 Å². The molecule has 116 valence electrons. The summed E-state index contributed by atoms with van der Waals surface area (Å²) in [4.78, 5) is 16.7. The van der Waals surface area contributed by atoms with Crippen molar-refractivity contribution in [3.8, 4) is 6.07 Å². The van der Waals surface area contributed by atoms with Crippen LogP contribution in [0.4, 0.5) is 0 Å². The molecular formula is C18H18N4O. The molecule has 2 aromatic rings. The van der Waals surface area contributed by atoms with Crippen molar-refractivity contribution in [1.29, 1.82) is 5.26 Å². The van der Waals surface area contributed by atoms with E-state index >= 15 is 0 Å². The summed E-state index contributed by atoms with van der Waals surface area (Å²) in [5.74, 6) is -0.0896. The molecule has 1 aromatic carbocycles. The van der Waals surface area contributed by atoms with E-state index < -0.39 is 6.04 Å². The fourth-order valence-electron chi connectivity index (χ4n) is 3.45. The lowest BCUT2D eigenvalue weighted by Crippen LogP contribution is -2.41. The Labute approximate surface area is 134 Å². The molecular weight excluding hydrogens is 288 g/mol. The lowest BCUT2D eigenvalue weighted by molar-refractivity contribution is -0.123. The number of aromatic nitrogens is 1. The van der Waals surface area contributed by atoms with Gasteiger partial charge in [-0.05, 0) is 30.1 Å². The molecule has 1 saturated carbocycles. The number of carbonyl (C=O) groups is 1. The van der Waals surface area contributed by atoms with Crippen LogP contribution in [0, 0.1) is 16.7 Å². The fourth-order valence-corrected chi connectivity index (χ4v) is 3.45. The van der Waals surface area contributed by atoms with Gasteiger partial charge in [-0.25, -0.2) is 0 Å². The van der Waals surface area contributed by atoms with Gasteiger partial charge in [-0.2, -0.15) is 5.26 Å². The summed E-state index contributed by atoms with van der Waals surface area (Å²) >= 11 is 0. The first-order valence-corrected chi connectivity index (χ1v) is 7.97. The molecule has 23 heavy (non-hydrogen) atoms. The van der Waals surface area contributed by atoms with Crippen LogP contribution in [0.2, 0.25) is 0 Å². The van der Waals surface area contributed by atoms with Crippen LogP contribution in [0.25, 0.3) is 10.8 Å². The second kappa shape index (κ2) is 5.32. The second-order valence-electron chi connectivity index (χ2n) is 6.66. The van der Waals surface area contributed by atoms with E-state index in [1.165, 1.54) is 12.8 Å². The summed E-state index contributed by atoms with van der Waals surface area (Å²) < 4.78 is 0. The summed E-state index contributed by atoms with van der Waals surface area (Å²) in [6, 6.07) is 9.11. The fraction of sp³-hybridized carbons (Fsp3) is 0.389. The number of hydrogen-bond donors (Lipinski definition) is 2. The topological polar surface area (TPSA) is 77.8 Å². The molecule has 1 amide bonds. The molecule has 2 heterocycles. The molecule has 1 saturated heterocycles. The van der Waals surface area contributed by atoms with Gasteiger partial charge in [0.25, 0.3) is 0 Å². The third kappa shape index (κ3) is 2.55. The van der Waals surface area contributed by atoms with E-state index in [1.54, 1.807) is 12.4 Å². The lowest BCUT2D eigenvalue weighted by Gasteiger charge is -2.17. The first kappa shape index (κ1) is 14.2. The van der Waals surface area contributed by atoms with Crippen LogP contribution < -0.4 is 10.6 Å². The lowest BCUT2D eigenvalue weighted by atomic mass is 10.0. The van der Waals surface area contributed by atoms with Gasteiger partial charge < -0.3 is 10.6 Å². The van der Waals surface area contributed by atoms with E-state index in [0.29, 0.717) is 5.41 Å². The molecule has 1 aromatic heterocycles. The highest BCUT2D eigenvalue weighted by Crippen LogP contribution is 2.51. The number of nitriles is 1. The molecule has 1 unspecified atom stereocenters. The van der Waals surface area contributed by atoms with Gasteiger partial charge in [-0.15, -0.1) is 0 Å². The van der Waals surface area contributed by atoms with Crippen LogP contribution in [0.5, 0.6) is 0 Å². The number of nitrogens with zero attached hydrogens (tertiary/aromatic N) is 2. The average Bonchev–Trinajstić information content (AvgIpc) is 3.21.